The Balaban J connectivity index is 1.97. The smallest absolute Gasteiger partial charge is 0.219 e. The molecule has 2 atom stereocenters. The second-order valence-electron chi connectivity index (χ2n) is 4.60. The third-order valence-corrected chi connectivity index (χ3v) is 3.73. The van der Waals surface area contributed by atoms with Gasteiger partial charge in [-0.2, -0.15) is 0 Å². The highest BCUT2D eigenvalue weighted by atomic mass is 16.3. The number of amides is 1. The number of nitrogens with zero attached hydrogens (tertiary/aromatic N) is 1. The molecule has 0 radical (unpaired) electrons. The summed E-state index contributed by atoms with van der Waals surface area (Å²) in [6, 6.07) is 0.109. The summed E-state index contributed by atoms with van der Waals surface area (Å²) in [5.41, 5.74) is 0. The molecule has 0 aromatic carbocycles. The lowest BCUT2D eigenvalue weighted by atomic mass is 9.78. The first-order valence-corrected chi connectivity index (χ1v) is 5.65. The van der Waals surface area contributed by atoms with E-state index in [2.05, 4.69) is 0 Å². The van der Waals surface area contributed by atoms with Crippen molar-refractivity contribution in [1.29, 1.82) is 0 Å². The Morgan fingerprint density at radius 1 is 1.36 bits per heavy atom. The monoisotopic (exact) mass is 197 g/mol. The highest BCUT2D eigenvalue weighted by Crippen LogP contribution is 2.34. The van der Waals surface area contributed by atoms with Crippen LogP contribution in [0.15, 0.2) is 0 Å². The third-order valence-electron chi connectivity index (χ3n) is 3.73. The largest absolute Gasteiger partial charge is 0.391 e. The molecule has 1 saturated heterocycles. The van der Waals surface area contributed by atoms with Crippen molar-refractivity contribution in [2.45, 2.75) is 51.2 Å². The fourth-order valence-corrected chi connectivity index (χ4v) is 2.63. The van der Waals surface area contributed by atoms with Crippen LogP contribution in [0.2, 0.25) is 0 Å². The number of carbonyl (C=O) groups excluding carboxylic acids is 1. The van der Waals surface area contributed by atoms with E-state index in [-0.39, 0.29) is 18.1 Å². The van der Waals surface area contributed by atoms with Crippen LogP contribution >= 0.6 is 0 Å². The second-order valence-corrected chi connectivity index (χ2v) is 4.60. The number of aliphatic hydroxyl groups is 1. The Kier molecular flexibility index (Phi) is 2.77. The minimum atomic E-state index is -0.268. The highest BCUT2D eigenvalue weighted by Gasteiger charge is 2.38. The van der Waals surface area contributed by atoms with Crippen molar-refractivity contribution < 1.29 is 9.90 Å². The van der Waals surface area contributed by atoms with Crippen LogP contribution in [0, 0.1) is 5.92 Å². The zero-order chi connectivity index (χ0) is 10.1. The van der Waals surface area contributed by atoms with E-state index in [1.165, 1.54) is 6.42 Å². The molecule has 0 spiro atoms. The molecule has 0 bridgehead atoms. The van der Waals surface area contributed by atoms with Gasteiger partial charge in [0.05, 0.1) is 12.1 Å². The van der Waals surface area contributed by atoms with Crippen LogP contribution in [0.1, 0.15) is 39.0 Å². The summed E-state index contributed by atoms with van der Waals surface area (Å²) >= 11 is 0. The molecular weight excluding hydrogens is 178 g/mol. The van der Waals surface area contributed by atoms with Crippen LogP contribution in [-0.2, 0) is 4.79 Å². The highest BCUT2D eigenvalue weighted by molar-refractivity contribution is 5.74. The van der Waals surface area contributed by atoms with Crippen LogP contribution < -0.4 is 0 Å². The molecule has 3 heteroatoms. The average molecular weight is 197 g/mol. The first kappa shape index (κ1) is 9.97. The SMILES string of the molecule is CC(=O)N1CCCC1C(O)C1CCC1. The Hall–Kier alpha value is -0.570. The predicted octanol–water partition coefficient (Wildman–Crippen LogP) is 1.16. The van der Waals surface area contributed by atoms with E-state index in [1.54, 1.807) is 6.92 Å². The van der Waals surface area contributed by atoms with E-state index >= 15 is 0 Å². The number of hydrogen-bond acceptors (Lipinski definition) is 2. The summed E-state index contributed by atoms with van der Waals surface area (Å²) in [7, 11) is 0. The zero-order valence-electron chi connectivity index (χ0n) is 8.78. The first-order valence-electron chi connectivity index (χ1n) is 5.65. The van der Waals surface area contributed by atoms with Gasteiger partial charge in [-0.15, -0.1) is 0 Å². The summed E-state index contributed by atoms with van der Waals surface area (Å²) in [4.78, 5) is 13.2. The minimum absolute atomic E-state index is 0.109. The van der Waals surface area contributed by atoms with E-state index in [4.69, 9.17) is 0 Å². The van der Waals surface area contributed by atoms with Crippen molar-refractivity contribution in [3.8, 4) is 0 Å². The molecule has 0 aromatic heterocycles. The maximum absolute atomic E-state index is 11.3. The van der Waals surface area contributed by atoms with Crippen molar-refractivity contribution in [2.24, 2.45) is 5.92 Å². The fraction of sp³-hybridized carbons (Fsp3) is 0.909. The van der Waals surface area contributed by atoms with Crippen LogP contribution in [0.3, 0.4) is 0 Å². The summed E-state index contributed by atoms with van der Waals surface area (Å²) in [5, 5.41) is 10.1. The van der Waals surface area contributed by atoms with Gasteiger partial charge in [0.1, 0.15) is 0 Å². The van der Waals surface area contributed by atoms with E-state index in [0.717, 1.165) is 32.2 Å². The van der Waals surface area contributed by atoms with Crippen molar-refractivity contribution in [3.05, 3.63) is 0 Å². The molecule has 2 fully saturated rings. The summed E-state index contributed by atoms with van der Waals surface area (Å²) in [6.45, 7) is 2.44. The number of aliphatic hydroxyl groups excluding tert-OH is 1. The molecule has 2 rings (SSSR count). The van der Waals surface area contributed by atoms with Gasteiger partial charge in [0.15, 0.2) is 0 Å². The molecule has 0 aromatic rings. The number of likely N-dealkylation sites (tertiary alicyclic amines) is 1. The third kappa shape index (κ3) is 1.65. The summed E-state index contributed by atoms with van der Waals surface area (Å²) in [6.07, 6.45) is 5.29. The second kappa shape index (κ2) is 3.89. The molecule has 1 heterocycles. The molecule has 2 aliphatic rings. The maximum atomic E-state index is 11.3. The molecule has 1 saturated carbocycles. The number of hydrogen-bond donors (Lipinski definition) is 1. The standard InChI is InChI=1S/C11H19NO2/c1-8(13)12-7-3-6-10(12)11(14)9-4-2-5-9/h9-11,14H,2-7H2,1H3. The lowest BCUT2D eigenvalue weighted by Gasteiger charge is -2.37. The van der Waals surface area contributed by atoms with Crippen LogP contribution in [0.5, 0.6) is 0 Å². The molecule has 3 nitrogen and oxygen atoms in total. The van der Waals surface area contributed by atoms with E-state index in [9.17, 15) is 9.90 Å². The Morgan fingerprint density at radius 3 is 2.57 bits per heavy atom. The van der Waals surface area contributed by atoms with Crippen LogP contribution in [0.25, 0.3) is 0 Å². The Bertz CT molecular complexity index is 225. The average Bonchev–Trinajstić information content (AvgIpc) is 2.47. The van der Waals surface area contributed by atoms with Crippen molar-refractivity contribution >= 4 is 5.91 Å². The van der Waals surface area contributed by atoms with Crippen molar-refractivity contribution in [3.63, 3.8) is 0 Å². The Labute approximate surface area is 85.1 Å². The van der Waals surface area contributed by atoms with E-state index < -0.39 is 0 Å². The molecule has 2 unspecified atom stereocenters. The summed E-state index contributed by atoms with van der Waals surface area (Å²) < 4.78 is 0. The molecular formula is C11H19NO2. The molecule has 80 valence electrons. The van der Waals surface area contributed by atoms with E-state index in [1.807, 2.05) is 4.90 Å². The van der Waals surface area contributed by atoms with Crippen LogP contribution in [0.4, 0.5) is 0 Å². The van der Waals surface area contributed by atoms with Gasteiger partial charge >= 0.3 is 0 Å². The lowest BCUT2D eigenvalue weighted by Crippen LogP contribution is -2.46. The minimum Gasteiger partial charge on any atom is -0.391 e. The topological polar surface area (TPSA) is 40.5 Å². The lowest BCUT2D eigenvalue weighted by molar-refractivity contribution is -0.133. The fourth-order valence-electron chi connectivity index (χ4n) is 2.63. The zero-order valence-corrected chi connectivity index (χ0v) is 8.78. The van der Waals surface area contributed by atoms with Crippen LogP contribution in [-0.4, -0.2) is 34.6 Å². The van der Waals surface area contributed by atoms with Gasteiger partial charge in [0, 0.05) is 13.5 Å². The van der Waals surface area contributed by atoms with E-state index in [0.29, 0.717) is 5.92 Å². The molecule has 1 N–H and O–H groups in total. The molecule has 1 amide bonds. The molecule has 14 heavy (non-hydrogen) atoms. The first-order chi connectivity index (χ1) is 6.70. The molecule has 1 aliphatic carbocycles. The Morgan fingerprint density at radius 2 is 2.07 bits per heavy atom. The van der Waals surface area contributed by atoms with Crippen molar-refractivity contribution in [2.75, 3.05) is 6.54 Å². The van der Waals surface area contributed by atoms with Gasteiger partial charge in [0.25, 0.3) is 0 Å². The van der Waals surface area contributed by atoms with Gasteiger partial charge in [-0.05, 0) is 31.6 Å². The van der Waals surface area contributed by atoms with Gasteiger partial charge in [-0.25, -0.2) is 0 Å². The molecule has 1 aliphatic heterocycles. The van der Waals surface area contributed by atoms with Gasteiger partial charge in [-0.1, -0.05) is 6.42 Å². The van der Waals surface area contributed by atoms with Crippen molar-refractivity contribution in [1.82, 2.24) is 4.90 Å². The predicted molar refractivity (Wildman–Crippen MR) is 53.8 cm³/mol. The summed E-state index contributed by atoms with van der Waals surface area (Å²) in [5.74, 6) is 0.575. The van der Waals surface area contributed by atoms with Gasteiger partial charge in [-0.3, -0.25) is 4.79 Å². The number of carbonyl (C=O) groups is 1. The number of rotatable bonds is 2. The normalized spacial score (nSPS) is 30.1. The van der Waals surface area contributed by atoms with Gasteiger partial charge in [0.2, 0.25) is 5.91 Å². The quantitative estimate of drug-likeness (QED) is 0.721. The maximum Gasteiger partial charge on any atom is 0.219 e. The van der Waals surface area contributed by atoms with Gasteiger partial charge < -0.3 is 10.0 Å².